The molecule has 0 aromatic carbocycles. The summed E-state index contributed by atoms with van der Waals surface area (Å²) >= 11 is 0. The number of ether oxygens (including phenoxy) is 3. The second kappa shape index (κ2) is 52.1. The lowest BCUT2D eigenvalue weighted by Gasteiger charge is -2.18. The van der Waals surface area contributed by atoms with Gasteiger partial charge in [-0.25, -0.2) is 0 Å². The van der Waals surface area contributed by atoms with E-state index in [1.165, 1.54) is 0 Å². The molecule has 0 amide bonds. The van der Waals surface area contributed by atoms with Crippen LogP contribution in [0.1, 0.15) is 156 Å². The summed E-state index contributed by atoms with van der Waals surface area (Å²) in [6.07, 6.45) is 79.0. The molecule has 0 aliphatic heterocycles. The van der Waals surface area contributed by atoms with Crippen molar-refractivity contribution in [1.29, 1.82) is 0 Å². The van der Waals surface area contributed by atoms with E-state index < -0.39 is 18.0 Å². The molecule has 0 spiro atoms. The van der Waals surface area contributed by atoms with E-state index in [4.69, 9.17) is 14.2 Å². The molecule has 0 N–H and O–H groups in total. The van der Waals surface area contributed by atoms with Gasteiger partial charge in [0, 0.05) is 19.3 Å². The Kier molecular flexibility index (Phi) is 47.8. The topological polar surface area (TPSA) is 78.9 Å². The molecule has 1 unspecified atom stereocenters. The van der Waals surface area contributed by atoms with Gasteiger partial charge in [-0.2, -0.15) is 0 Å². The molecule has 0 aromatic heterocycles. The van der Waals surface area contributed by atoms with E-state index in [0.29, 0.717) is 19.3 Å². The first-order valence-corrected chi connectivity index (χ1v) is 24.8. The predicted octanol–water partition coefficient (Wildman–Crippen LogP) is 16.6. The summed E-state index contributed by atoms with van der Waals surface area (Å²) < 4.78 is 16.6. The third-order valence-corrected chi connectivity index (χ3v) is 9.26. The van der Waals surface area contributed by atoms with Crippen LogP contribution in [0.25, 0.3) is 0 Å². The molecule has 0 aliphatic carbocycles. The van der Waals surface area contributed by atoms with E-state index in [1.807, 2.05) is 60.8 Å². The first-order valence-electron chi connectivity index (χ1n) is 24.8. The highest BCUT2D eigenvalue weighted by molar-refractivity contribution is 5.71. The van der Waals surface area contributed by atoms with Crippen LogP contribution in [-0.2, 0) is 28.6 Å². The van der Waals surface area contributed by atoms with Gasteiger partial charge < -0.3 is 14.2 Å². The minimum Gasteiger partial charge on any atom is -0.462 e. The predicted molar refractivity (Wildman–Crippen MR) is 283 cm³/mol. The quantitative estimate of drug-likeness (QED) is 0.0200. The Balaban J connectivity index is 4.71. The van der Waals surface area contributed by atoms with Gasteiger partial charge in [-0.05, 0) is 109 Å². The number of carbonyl (C=O) groups is 3. The molecular weight excluding hydrogens is 817 g/mol. The normalized spacial score (nSPS) is 13.7. The summed E-state index contributed by atoms with van der Waals surface area (Å²) in [7, 11) is 0. The van der Waals surface area contributed by atoms with Gasteiger partial charge >= 0.3 is 17.9 Å². The van der Waals surface area contributed by atoms with Crippen LogP contribution in [0.5, 0.6) is 0 Å². The van der Waals surface area contributed by atoms with E-state index in [2.05, 4.69) is 142 Å². The number of esters is 3. The average Bonchev–Trinajstić information content (AvgIpc) is 3.31. The Labute approximate surface area is 402 Å². The standard InChI is InChI=1S/C60H86O6/c1-4-7-10-13-16-19-22-25-27-29-30-31-33-35-38-41-44-47-50-53-59(62)65-56-57(55-64-58(61)52-49-46-43-40-37-34-24-21-18-15-12-9-6-3)66-60(63)54-51-48-45-42-39-36-32-28-26-23-20-17-14-11-8-5-2/h7-12,15-21,24-28,30-31,34-39,44-45,47-48,57H,4-6,13-14,22-23,29,32-33,40-43,46,49-56H2,1-3H3/b10-7+,11-8+,12-9+,18-15+,19-16+,20-17+,24-21+,27-25+,28-26+,31-30+,37-34+,38-35+,39-36+,47-44+,48-45+. The largest absolute Gasteiger partial charge is 0.462 e. The summed E-state index contributed by atoms with van der Waals surface area (Å²) in [6.45, 7) is 6.06. The summed E-state index contributed by atoms with van der Waals surface area (Å²) in [5, 5.41) is 0. The summed E-state index contributed by atoms with van der Waals surface area (Å²) in [5.74, 6) is -1.19. The van der Waals surface area contributed by atoms with Crippen LogP contribution in [0.4, 0.5) is 0 Å². The molecule has 0 saturated heterocycles. The SMILES string of the molecule is CC/C=C/C=C/C=C/C=C/CCCCCC(=O)OCC(COC(=O)CC/C=C/C/C=C/C/C=C/C/C=C/C/C=C/C/C=C/CC)OC(=O)CC/C=C/C/C=C/C/C=C/C/C=C/C/C=C/CC. The molecule has 6 heteroatoms. The van der Waals surface area contributed by atoms with E-state index in [9.17, 15) is 14.4 Å². The fraction of sp³-hybridized carbons (Fsp3) is 0.450. The molecule has 66 heavy (non-hydrogen) atoms. The first-order chi connectivity index (χ1) is 32.5. The summed E-state index contributed by atoms with van der Waals surface area (Å²) in [6, 6.07) is 0. The van der Waals surface area contributed by atoms with Gasteiger partial charge in [0.15, 0.2) is 6.10 Å². The number of unbranched alkanes of at least 4 members (excludes halogenated alkanes) is 3. The van der Waals surface area contributed by atoms with Crippen molar-refractivity contribution in [2.75, 3.05) is 13.2 Å². The number of hydrogen-bond acceptors (Lipinski definition) is 6. The highest BCUT2D eigenvalue weighted by Gasteiger charge is 2.19. The van der Waals surface area contributed by atoms with Crippen LogP contribution in [0.2, 0.25) is 0 Å². The van der Waals surface area contributed by atoms with E-state index in [-0.39, 0.29) is 38.4 Å². The van der Waals surface area contributed by atoms with Crippen LogP contribution in [0.15, 0.2) is 182 Å². The van der Waals surface area contributed by atoms with Crippen LogP contribution in [0, 0.1) is 0 Å². The van der Waals surface area contributed by atoms with E-state index in [0.717, 1.165) is 96.3 Å². The van der Waals surface area contributed by atoms with Crippen molar-refractivity contribution in [3.8, 4) is 0 Å². The zero-order valence-corrected chi connectivity index (χ0v) is 41.1. The van der Waals surface area contributed by atoms with Crippen LogP contribution < -0.4 is 0 Å². The Morgan fingerprint density at radius 3 is 1.06 bits per heavy atom. The molecule has 362 valence electrons. The summed E-state index contributed by atoms with van der Waals surface area (Å²) in [4.78, 5) is 37.9. The number of allylic oxidation sites excluding steroid dienone is 30. The zero-order chi connectivity index (χ0) is 47.9. The molecular formula is C60H86O6. The number of rotatable bonds is 41. The maximum absolute atomic E-state index is 12.8. The van der Waals surface area contributed by atoms with Gasteiger partial charge in [0.1, 0.15) is 13.2 Å². The van der Waals surface area contributed by atoms with Crippen molar-refractivity contribution >= 4 is 17.9 Å². The van der Waals surface area contributed by atoms with Gasteiger partial charge in [-0.1, -0.05) is 209 Å². The number of carbonyl (C=O) groups excluding carboxylic acids is 3. The van der Waals surface area contributed by atoms with Gasteiger partial charge in [0.05, 0.1) is 0 Å². The van der Waals surface area contributed by atoms with Crippen molar-refractivity contribution in [3.63, 3.8) is 0 Å². The monoisotopic (exact) mass is 903 g/mol. The smallest absolute Gasteiger partial charge is 0.306 e. The van der Waals surface area contributed by atoms with Crippen molar-refractivity contribution in [2.24, 2.45) is 0 Å². The minimum absolute atomic E-state index is 0.162. The molecule has 0 aliphatic rings. The van der Waals surface area contributed by atoms with Crippen molar-refractivity contribution in [1.82, 2.24) is 0 Å². The third kappa shape index (κ3) is 49.5. The molecule has 0 aromatic rings. The number of hydrogen-bond donors (Lipinski definition) is 0. The highest BCUT2D eigenvalue weighted by Crippen LogP contribution is 2.08. The molecule has 0 bridgehead atoms. The Morgan fingerprint density at radius 1 is 0.318 bits per heavy atom. The molecule has 0 rings (SSSR count). The van der Waals surface area contributed by atoms with Gasteiger partial charge in [0.25, 0.3) is 0 Å². The van der Waals surface area contributed by atoms with Crippen molar-refractivity contribution < 1.29 is 28.6 Å². The molecule has 0 saturated carbocycles. The van der Waals surface area contributed by atoms with E-state index in [1.54, 1.807) is 0 Å². The third-order valence-electron chi connectivity index (χ3n) is 9.26. The second-order valence-corrected chi connectivity index (χ2v) is 15.3. The second-order valence-electron chi connectivity index (χ2n) is 15.3. The lowest BCUT2D eigenvalue weighted by Crippen LogP contribution is -2.30. The fourth-order valence-corrected chi connectivity index (χ4v) is 5.64. The molecule has 0 heterocycles. The van der Waals surface area contributed by atoms with Crippen LogP contribution >= 0.6 is 0 Å². The minimum atomic E-state index is -0.875. The molecule has 1 atom stereocenters. The average molecular weight is 903 g/mol. The Morgan fingerprint density at radius 2 is 0.652 bits per heavy atom. The zero-order valence-electron chi connectivity index (χ0n) is 41.1. The van der Waals surface area contributed by atoms with Crippen LogP contribution in [0.3, 0.4) is 0 Å². The summed E-state index contributed by atoms with van der Waals surface area (Å²) in [5.41, 5.74) is 0. The first kappa shape index (κ1) is 60.5. The van der Waals surface area contributed by atoms with Crippen molar-refractivity contribution in [3.05, 3.63) is 182 Å². The van der Waals surface area contributed by atoms with Gasteiger partial charge in [0.2, 0.25) is 0 Å². The van der Waals surface area contributed by atoms with Gasteiger partial charge in [-0.15, -0.1) is 0 Å². The van der Waals surface area contributed by atoms with Crippen LogP contribution in [-0.4, -0.2) is 37.2 Å². The van der Waals surface area contributed by atoms with E-state index >= 15 is 0 Å². The van der Waals surface area contributed by atoms with Gasteiger partial charge in [-0.3, -0.25) is 14.4 Å². The fourth-order valence-electron chi connectivity index (χ4n) is 5.64. The lowest BCUT2D eigenvalue weighted by atomic mass is 10.1. The molecule has 6 nitrogen and oxygen atoms in total. The highest BCUT2D eigenvalue weighted by atomic mass is 16.6. The molecule has 0 fully saturated rings. The maximum Gasteiger partial charge on any atom is 0.306 e. The maximum atomic E-state index is 12.8. The Hall–Kier alpha value is -5.49. The Bertz CT molecular complexity index is 1650. The molecule has 0 radical (unpaired) electrons. The lowest BCUT2D eigenvalue weighted by molar-refractivity contribution is -0.166. The van der Waals surface area contributed by atoms with Crippen molar-refractivity contribution in [2.45, 2.75) is 162 Å².